The second kappa shape index (κ2) is 13.3. The lowest BCUT2D eigenvalue weighted by atomic mass is 10.0. The van der Waals surface area contributed by atoms with E-state index < -0.39 is 0 Å². The van der Waals surface area contributed by atoms with E-state index in [1.807, 2.05) is 22.7 Å². The summed E-state index contributed by atoms with van der Waals surface area (Å²) < 4.78 is 10.2. The van der Waals surface area contributed by atoms with Crippen molar-refractivity contribution in [1.82, 2.24) is 9.13 Å². The molecule has 0 saturated heterocycles. The summed E-state index contributed by atoms with van der Waals surface area (Å²) in [6.07, 6.45) is 0. The molecule has 0 radical (unpaired) electrons. The number of nitrogens with zero attached hydrogens (tertiary/aromatic N) is 2. The average molecular weight is 775 g/mol. The first-order chi connectivity index (χ1) is 28.8. The van der Waals surface area contributed by atoms with Crippen molar-refractivity contribution in [3.63, 3.8) is 0 Å². The molecule has 4 heteroatoms. The van der Waals surface area contributed by atoms with Crippen molar-refractivity contribution in [2.24, 2.45) is 0 Å². The Bertz CT molecular complexity index is 3240. The highest BCUT2D eigenvalue weighted by Gasteiger charge is 2.24. The van der Waals surface area contributed by atoms with Crippen molar-refractivity contribution in [2.75, 3.05) is 0 Å². The Labute approximate surface area is 343 Å². The van der Waals surface area contributed by atoms with Crippen LogP contribution in [0.1, 0.15) is 0 Å². The standard InChI is InChI=1S/C54H34N2S2/c1-3-13-35(14-4-1)37-25-29-39(30-26-37)55-47(45-21-11-19-43-41-17-7-9-23-51(41)57-53(43)45)33-50-49(55)34-48(46-22-12-20-44-42-18-8-10-24-52(42)58-54(44)46)56(50)40-31-27-38(28-32-40)36-15-5-2-6-16-36/h1-34H. The molecule has 12 rings (SSSR count). The Morgan fingerprint density at radius 2 is 0.655 bits per heavy atom. The molecule has 2 nitrogen and oxygen atoms in total. The maximum absolute atomic E-state index is 2.49. The second-order valence-corrected chi connectivity index (χ2v) is 17.0. The van der Waals surface area contributed by atoms with Crippen LogP contribution in [0, 0.1) is 0 Å². The SMILES string of the molecule is c1ccc(-c2ccc(-n3c(-c4cccc5c4sc4ccccc45)cc4c3cc(-c3cccc5c3sc3ccccc35)n4-c3ccc(-c4ccccc4)cc3)cc2)cc1. The monoisotopic (exact) mass is 774 g/mol. The van der Waals surface area contributed by atoms with Gasteiger partial charge in [-0.3, -0.25) is 0 Å². The first-order valence-electron chi connectivity index (χ1n) is 19.7. The van der Waals surface area contributed by atoms with Gasteiger partial charge in [-0.25, -0.2) is 0 Å². The van der Waals surface area contributed by atoms with E-state index in [4.69, 9.17) is 0 Å². The van der Waals surface area contributed by atoms with Gasteiger partial charge in [0.2, 0.25) is 0 Å². The van der Waals surface area contributed by atoms with E-state index in [0.29, 0.717) is 0 Å². The van der Waals surface area contributed by atoms with Gasteiger partial charge >= 0.3 is 0 Å². The third-order valence-electron chi connectivity index (χ3n) is 11.6. The molecule has 0 aliphatic carbocycles. The summed E-state index contributed by atoms with van der Waals surface area (Å²) in [5.74, 6) is 0. The second-order valence-electron chi connectivity index (χ2n) is 14.9. The normalized spacial score (nSPS) is 11.8. The quantitative estimate of drug-likeness (QED) is 0.159. The topological polar surface area (TPSA) is 9.86 Å². The lowest BCUT2D eigenvalue weighted by Gasteiger charge is -2.14. The molecule has 8 aromatic carbocycles. The van der Waals surface area contributed by atoms with E-state index in [0.717, 1.165) is 11.4 Å². The molecule has 4 aromatic heterocycles. The van der Waals surface area contributed by atoms with E-state index in [9.17, 15) is 0 Å². The Morgan fingerprint density at radius 1 is 0.293 bits per heavy atom. The summed E-state index contributed by atoms with van der Waals surface area (Å²) in [6.45, 7) is 0. The number of fused-ring (bicyclic) bond motifs is 7. The molecule has 58 heavy (non-hydrogen) atoms. The third-order valence-corrected chi connectivity index (χ3v) is 14.0. The molecule has 0 aliphatic heterocycles. The predicted octanol–water partition coefficient (Wildman–Crippen LogP) is 15.8. The van der Waals surface area contributed by atoms with E-state index >= 15 is 0 Å². The highest BCUT2D eigenvalue weighted by atomic mass is 32.1. The van der Waals surface area contributed by atoms with Gasteiger partial charge < -0.3 is 9.13 Å². The van der Waals surface area contributed by atoms with Crippen LogP contribution in [-0.2, 0) is 0 Å². The molecule has 12 aromatic rings. The highest BCUT2D eigenvalue weighted by molar-refractivity contribution is 7.26. The molecule has 0 atom stereocenters. The number of aromatic nitrogens is 2. The molecule has 0 saturated carbocycles. The molecule has 0 unspecified atom stereocenters. The van der Waals surface area contributed by atoms with Gasteiger partial charge in [-0.1, -0.05) is 158 Å². The Hall–Kier alpha value is -6.98. The minimum atomic E-state index is 1.13. The maximum atomic E-state index is 2.49. The van der Waals surface area contributed by atoms with Gasteiger partial charge in [0.1, 0.15) is 0 Å². The summed E-state index contributed by atoms with van der Waals surface area (Å²) in [7, 11) is 0. The van der Waals surface area contributed by atoms with Gasteiger partial charge in [-0.15, -0.1) is 22.7 Å². The summed E-state index contributed by atoms with van der Waals surface area (Å²) in [4.78, 5) is 0. The lowest BCUT2D eigenvalue weighted by Crippen LogP contribution is -1.97. The Balaban J connectivity index is 1.16. The van der Waals surface area contributed by atoms with Gasteiger partial charge in [0.15, 0.2) is 0 Å². The van der Waals surface area contributed by atoms with E-state index in [-0.39, 0.29) is 0 Å². The fourth-order valence-corrected chi connectivity index (χ4v) is 11.3. The van der Waals surface area contributed by atoms with E-state index in [2.05, 4.69) is 215 Å². The molecule has 0 amide bonds. The molecule has 0 fully saturated rings. The molecular weight excluding hydrogens is 741 g/mol. The molecule has 0 spiro atoms. The first-order valence-corrected chi connectivity index (χ1v) is 21.3. The van der Waals surface area contributed by atoms with E-state index in [1.165, 1.54) is 96.1 Å². The lowest BCUT2D eigenvalue weighted by molar-refractivity contribution is 1.14. The van der Waals surface area contributed by atoms with Gasteiger partial charge in [-0.05, 0) is 70.8 Å². The first kappa shape index (κ1) is 33.2. The van der Waals surface area contributed by atoms with Gasteiger partial charge in [-0.2, -0.15) is 0 Å². The van der Waals surface area contributed by atoms with Crippen molar-refractivity contribution in [2.45, 2.75) is 0 Å². The van der Waals surface area contributed by atoms with Crippen LogP contribution < -0.4 is 0 Å². The zero-order valence-electron chi connectivity index (χ0n) is 31.3. The number of thiophene rings is 2. The fraction of sp³-hybridized carbons (Fsp3) is 0. The third kappa shape index (κ3) is 5.23. The van der Waals surface area contributed by atoms with Crippen molar-refractivity contribution in [3.8, 4) is 56.1 Å². The molecule has 0 bridgehead atoms. The predicted molar refractivity (Wildman–Crippen MR) is 250 cm³/mol. The fourth-order valence-electron chi connectivity index (χ4n) is 8.87. The van der Waals surface area contributed by atoms with Crippen molar-refractivity contribution in [3.05, 3.63) is 206 Å². The van der Waals surface area contributed by atoms with Crippen LogP contribution >= 0.6 is 22.7 Å². The number of benzene rings is 8. The zero-order chi connectivity index (χ0) is 38.2. The van der Waals surface area contributed by atoms with Crippen molar-refractivity contribution in [1.29, 1.82) is 0 Å². The molecule has 0 N–H and O–H groups in total. The smallest absolute Gasteiger partial charge is 0.0724 e. The van der Waals surface area contributed by atoms with Crippen molar-refractivity contribution >= 4 is 74.1 Å². The summed E-state index contributed by atoms with van der Waals surface area (Å²) in [5, 5.41) is 5.21. The molecule has 0 aliphatic rings. The Morgan fingerprint density at radius 3 is 1.09 bits per heavy atom. The number of rotatable bonds is 6. The minimum Gasteiger partial charge on any atom is -0.308 e. The average Bonchev–Trinajstić information content (AvgIpc) is 4.06. The van der Waals surface area contributed by atoms with Gasteiger partial charge in [0.05, 0.1) is 22.4 Å². The van der Waals surface area contributed by atoms with Crippen LogP contribution in [0.2, 0.25) is 0 Å². The zero-order valence-corrected chi connectivity index (χ0v) is 33.0. The summed E-state index contributed by atoms with van der Waals surface area (Å²) in [6, 6.07) is 75.6. The molecule has 272 valence electrons. The number of hydrogen-bond acceptors (Lipinski definition) is 2. The van der Waals surface area contributed by atoms with Gasteiger partial charge in [0.25, 0.3) is 0 Å². The highest BCUT2D eigenvalue weighted by Crippen LogP contribution is 2.46. The maximum Gasteiger partial charge on any atom is 0.0724 e. The van der Waals surface area contributed by atoms with Crippen LogP contribution in [-0.4, -0.2) is 9.13 Å². The van der Waals surface area contributed by atoms with E-state index in [1.54, 1.807) is 0 Å². The van der Waals surface area contributed by atoms with Crippen LogP contribution in [0.5, 0.6) is 0 Å². The Kier molecular flexibility index (Phi) is 7.62. The van der Waals surface area contributed by atoms with Crippen LogP contribution in [0.3, 0.4) is 0 Å². The molecule has 4 heterocycles. The summed E-state index contributed by atoms with van der Waals surface area (Å²) >= 11 is 3.77. The summed E-state index contributed by atoms with van der Waals surface area (Å²) in [5.41, 5.74) is 14.3. The van der Waals surface area contributed by atoms with Crippen LogP contribution in [0.4, 0.5) is 0 Å². The van der Waals surface area contributed by atoms with Gasteiger partial charge in [0, 0.05) is 62.8 Å². The molecular formula is C54H34N2S2. The number of hydrogen-bond donors (Lipinski definition) is 0. The largest absolute Gasteiger partial charge is 0.308 e. The minimum absolute atomic E-state index is 1.13. The van der Waals surface area contributed by atoms with Crippen molar-refractivity contribution < 1.29 is 0 Å². The van der Waals surface area contributed by atoms with Crippen LogP contribution in [0.25, 0.3) is 108 Å². The van der Waals surface area contributed by atoms with Crippen LogP contribution in [0.15, 0.2) is 206 Å².